The zero-order chi connectivity index (χ0) is 13.7. The Morgan fingerprint density at radius 1 is 1.58 bits per heavy atom. The molecule has 5 nitrogen and oxygen atoms in total. The van der Waals surface area contributed by atoms with E-state index in [2.05, 4.69) is 24.3 Å². The number of hydrogen-bond acceptors (Lipinski definition) is 4. The van der Waals surface area contributed by atoms with E-state index < -0.39 is 0 Å². The highest BCUT2D eigenvalue weighted by Crippen LogP contribution is 2.57. The molecule has 1 aliphatic carbocycles. The number of aryl methyl sites for hydroxylation is 1. The molecule has 3 unspecified atom stereocenters. The minimum absolute atomic E-state index is 0.0175. The lowest BCUT2D eigenvalue weighted by molar-refractivity contribution is -0.222. The summed E-state index contributed by atoms with van der Waals surface area (Å²) in [6, 6.07) is 1.98. The first-order valence-electron chi connectivity index (χ1n) is 7.09. The fourth-order valence-corrected chi connectivity index (χ4v) is 3.81. The number of aromatic nitrogens is 2. The van der Waals surface area contributed by atoms with Crippen molar-refractivity contribution in [2.75, 3.05) is 18.5 Å². The van der Waals surface area contributed by atoms with Crippen LogP contribution in [0.3, 0.4) is 0 Å². The number of fused-ring (bicyclic) bond motifs is 1. The number of anilines is 1. The maximum Gasteiger partial charge on any atom is 0.123 e. The molecule has 1 aromatic rings. The van der Waals surface area contributed by atoms with Crippen LogP contribution < -0.4 is 11.1 Å². The number of rotatable bonds is 3. The number of nitrogens with zero attached hydrogens (tertiary/aromatic N) is 2. The molecule has 2 heterocycles. The Kier molecular flexibility index (Phi) is 2.87. The van der Waals surface area contributed by atoms with Gasteiger partial charge in [-0.2, -0.15) is 5.10 Å². The highest BCUT2D eigenvalue weighted by atomic mass is 16.5. The molecule has 1 aromatic heterocycles. The van der Waals surface area contributed by atoms with Gasteiger partial charge in [0.1, 0.15) is 5.82 Å². The standard InChI is InChI=1S/C14H24N4O/c1-13(2)12-10(5-4-8-19-12)14(13,15)9-16-11-6-7-17-18(11)3/h6-7,10,12,16H,4-5,8-9,15H2,1-3H3. The molecule has 5 heteroatoms. The van der Waals surface area contributed by atoms with Crippen LogP contribution in [-0.2, 0) is 11.8 Å². The van der Waals surface area contributed by atoms with Gasteiger partial charge in [-0.15, -0.1) is 0 Å². The van der Waals surface area contributed by atoms with Crippen LogP contribution in [0.2, 0.25) is 0 Å². The molecule has 2 aliphatic rings. The Hall–Kier alpha value is -1.07. The lowest BCUT2D eigenvalue weighted by atomic mass is 9.46. The monoisotopic (exact) mass is 264 g/mol. The summed E-state index contributed by atoms with van der Waals surface area (Å²) in [6.07, 6.45) is 4.42. The van der Waals surface area contributed by atoms with Crippen LogP contribution in [0.1, 0.15) is 26.7 Å². The largest absolute Gasteiger partial charge is 0.377 e. The molecule has 1 saturated carbocycles. The molecule has 3 rings (SSSR count). The summed E-state index contributed by atoms with van der Waals surface area (Å²) in [5.74, 6) is 1.48. The second-order valence-electron chi connectivity index (χ2n) is 6.50. The minimum Gasteiger partial charge on any atom is -0.377 e. The quantitative estimate of drug-likeness (QED) is 0.865. The number of nitrogens with one attached hydrogen (secondary N) is 1. The summed E-state index contributed by atoms with van der Waals surface area (Å²) >= 11 is 0. The van der Waals surface area contributed by atoms with Crippen molar-refractivity contribution in [3.8, 4) is 0 Å². The molecule has 1 saturated heterocycles. The van der Waals surface area contributed by atoms with Gasteiger partial charge in [0.15, 0.2) is 0 Å². The molecule has 3 N–H and O–H groups in total. The van der Waals surface area contributed by atoms with Gasteiger partial charge in [-0.25, -0.2) is 0 Å². The molecule has 3 atom stereocenters. The molecule has 19 heavy (non-hydrogen) atoms. The van der Waals surface area contributed by atoms with Crippen LogP contribution in [0.15, 0.2) is 12.3 Å². The smallest absolute Gasteiger partial charge is 0.123 e. The van der Waals surface area contributed by atoms with Gasteiger partial charge in [0, 0.05) is 43.1 Å². The van der Waals surface area contributed by atoms with Crippen molar-refractivity contribution in [1.82, 2.24) is 9.78 Å². The Morgan fingerprint density at radius 3 is 3.05 bits per heavy atom. The topological polar surface area (TPSA) is 65.1 Å². The Labute approximate surface area is 114 Å². The fourth-order valence-electron chi connectivity index (χ4n) is 3.81. The van der Waals surface area contributed by atoms with Gasteiger partial charge in [-0.3, -0.25) is 4.68 Å². The van der Waals surface area contributed by atoms with E-state index in [0.717, 1.165) is 25.4 Å². The predicted molar refractivity (Wildman–Crippen MR) is 74.9 cm³/mol. The van der Waals surface area contributed by atoms with E-state index >= 15 is 0 Å². The van der Waals surface area contributed by atoms with E-state index in [1.54, 1.807) is 6.20 Å². The van der Waals surface area contributed by atoms with E-state index in [-0.39, 0.29) is 11.0 Å². The molecule has 0 amide bonds. The lowest BCUT2D eigenvalue weighted by Gasteiger charge is -2.66. The highest BCUT2D eigenvalue weighted by molar-refractivity contribution is 5.36. The van der Waals surface area contributed by atoms with Crippen molar-refractivity contribution in [2.24, 2.45) is 24.1 Å². The highest BCUT2D eigenvalue weighted by Gasteiger charge is 2.66. The molecule has 106 valence electrons. The average molecular weight is 264 g/mol. The fraction of sp³-hybridized carbons (Fsp3) is 0.786. The van der Waals surface area contributed by atoms with Crippen molar-refractivity contribution >= 4 is 5.82 Å². The Morgan fingerprint density at radius 2 is 2.37 bits per heavy atom. The summed E-state index contributed by atoms with van der Waals surface area (Å²) in [7, 11) is 1.93. The van der Waals surface area contributed by atoms with Gasteiger partial charge >= 0.3 is 0 Å². The summed E-state index contributed by atoms with van der Waals surface area (Å²) < 4.78 is 7.76. The molecule has 0 bridgehead atoms. The second kappa shape index (κ2) is 4.21. The van der Waals surface area contributed by atoms with Crippen LogP contribution in [0, 0.1) is 11.3 Å². The van der Waals surface area contributed by atoms with Crippen molar-refractivity contribution in [1.29, 1.82) is 0 Å². The number of nitrogens with two attached hydrogens (primary N) is 1. The molecule has 0 radical (unpaired) electrons. The van der Waals surface area contributed by atoms with Gasteiger partial charge in [0.25, 0.3) is 0 Å². The van der Waals surface area contributed by atoms with Gasteiger partial charge in [-0.05, 0) is 12.8 Å². The lowest BCUT2D eigenvalue weighted by Crippen LogP contribution is -2.79. The first-order chi connectivity index (χ1) is 8.97. The van der Waals surface area contributed by atoms with E-state index in [1.807, 2.05) is 17.8 Å². The summed E-state index contributed by atoms with van der Waals surface area (Å²) in [6.45, 7) is 6.11. The first-order valence-corrected chi connectivity index (χ1v) is 7.09. The van der Waals surface area contributed by atoms with E-state index in [1.165, 1.54) is 6.42 Å². The van der Waals surface area contributed by atoms with Crippen LogP contribution in [0.5, 0.6) is 0 Å². The first kappa shape index (κ1) is 12.9. The molecule has 2 fully saturated rings. The second-order valence-corrected chi connectivity index (χ2v) is 6.50. The average Bonchev–Trinajstić information content (AvgIpc) is 2.81. The normalized spacial score (nSPS) is 36.4. The Balaban J connectivity index is 1.73. The van der Waals surface area contributed by atoms with E-state index in [9.17, 15) is 0 Å². The van der Waals surface area contributed by atoms with E-state index in [4.69, 9.17) is 10.5 Å². The molecule has 0 spiro atoms. The third-order valence-corrected chi connectivity index (χ3v) is 5.28. The van der Waals surface area contributed by atoms with Crippen LogP contribution in [0.4, 0.5) is 5.82 Å². The van der Waals surface area contributed by atoms with Crippen molar-refractivity contribution in [2.45, 2.75) is 38.3 Å². The van der Waals surface area contributed by atoms with Gasteiger partial charge in [0.2, 0.25) is 0 Å². The van der Waals surface area contributed by atoms with Gasteiger partial charge in [-0.1, -0.05) is 13.8 Å². The summed E-state index contributed by atoms with van der Waals surface area (Å²) in [4.78, 5) is 0. The molecule has 1 aliphatic heterocycles. The SMILES string of the molecule is Cn1nccc1NCC1(N)C2CCCOC2C1(C)C. The van der Waals surface area contributed by atoms with Crippen LogP contribution in [-0.4, -0.2) is 34.6 Å². The molecule has 0 aromatic carbocycles. The predicted octanol–water partition coefficient (Wildman–Crippen LogP) is 1.36. The third-order valence-electron chi connectivity index (χ3n) is 5.28. The summed E-state index contributed by atoms with van der Waals surface area (Å²) in [5.41, 5.74) is 6.54. The van der Waals surface area contributed by atoms with Crippen LogP contribution >= 0.6 is 0 Å². The van der Waals surface area contributed by atoms with E-state index in [0.29, 0.717) is 12.0 Å². The number of hydrogen-bond donors (Lipinski definition) is 2. The maximum atomic E-state index is 6.73. The van der Waals surface area contributed by atoms with Crippen molar-refractivity contribution in [3.05, 3.63) is 12.3 Å². The zero-order valence-corrected chi connectivity index (χ0v) is 12.0. The molecular weight excluding hydrogens is 240 g/mol. The van der Waals surface area contributed by atoms with Gasteiger partial charge < -0.3 is 15.8 Å². The molecular formula is C14H24N4O. The Bertz CT molecular complexity index is 470. The minimum atomic E-state index is -0.206. The maximum absolute atomic E-state index is 6.73. The third kappa shape index (κ3) is 1.71. The van der Waals surface area contributed by atoms with Crippen molar-refractivity contribution < 1.29 is 4.74 Å². The van der Waals surface area contributed by atoms with Crippen molar-refractivity contribution in [3.63, 3.8) is 0 Å². The summed E-state index contributed by atoms with van der Waals surface area (Å²) in [5, 5.41) is 7.61. The van der Waals surface area contributed by atoms with Gasteiger partial charge in [0.05, 0.1) is 12.3 Å². The van der Waals surface area contributed by atoms with Crippen LogP contribution in [0.25, 0.3) is 0 Å². The number of ether oxygens (including phenoxy) is 1. The zero-order valence-electron chi connectivity index (χ0n) is 12.0.